The van der Waals surface area contributed by atoms with Gasteiger partial charge in [-0.2, -0.15) is 19.8 Å². The molecule has 2 heterocycles. The van der Waals surface area contributed by atoms with E-state index in [0.717, 1.165) is 28.5 Å². The molecule has 26 heteroatoms. The third-order valence-electron chi connectivity index (χ3n) is 9.67. The molecule has 6 aromatic rings. The number of amides is 2. The summed E-state index contributed by atoms with van der Waals surface area (Å²) in [6, 6.07) is 32.5. The largest absolute Gasteiger partial charge is 1.00 e. The van der Waals surface area contributed by atoms with E-state index >= 15 is 0 Å². The maximum Gasteiger partial charge on any atom is 1.00 e. The summed E-state index contributed by atoms with van der Waals surface area (Å²) in [7, 11) is 0. The number of hydrogen-bond acceptors (Lipinski definition) is 18. The van der Waals surface area contributed by atoms with Crippen molar-refractivity contribution >= 4 is 82.6 Å². The molecule has 0 bridgehead atoms. The van der Waals surface area contributed by atoms with E-state index in [1.54, 1.807) is 55.5 Å². The summed E-state index contributed by atoms with van der Waals surface area (Å²) in [5, 5.41) is 25.3. The second-order valence-electron chi connectivity index (χ2n) is 15.1. The fourth-order valence-electron chi connectivity index (χ4n) is 6.43. The van der Waals surface area contributed by atoms with E-state index in [0.29, 0.717) is 33.5 Å². The maximum atomic E-state index is 12.8. The number of hydrazone groups is 2. The average Bonchev–Trinajstić information content (AvgIpc) is 3.93. The Morgan fingerprint density at radius 2 is 1.09 bits per heavy atom. The summed E-state index contributed by atoms with van der Waals surface area (Å²) in [6.07, 6.45) is 3.03. The molecule has 0 aliphatic rings. The third-order valence-corrected chi connectivity index (χ3v) is 9.90. The number of ether oxygens (including phenoxy) is 4. The van der Waals surface area contributed by atoms with Crippen LogP contribution < -0.4 is 119 Å². The second kappa shape index (κ2) is 39.9. The van der Waals surface area contributed by atoms with Crippen molar-refractivity contribution < 1.29 is 186 Å². The predicted molar refractivity (Wildman–Crippen MR) is 277 cm³/mol. The molecule has 0 aliphatic heterocycles. The molecule has 23 nitrogen and oxygen atoms in total. The minimum atomic E-state index is -1.01. The van der Waals surface area contributed by atoms with Gasteiger partial charge in [-0.05, 0) is 147 Å². The van der Waals surface area contributed by atoms with Gasteiger partial charge in [0.2, 0.25) is 6.79 Å². The van der Waals surface area contributed by atoms with Crippen molar-refractivity contribution in [1.82, 2.24) is 20.0 Å². The second-order valence-corrected chi connectivity index (χ2v) is 15.5. The summed E-state index contributed by atoms with van der Waals surface area (Å²) in [6.45, 7) is 11.7. The van der Waals surface area contributed by atoms with Crippen LogP contribution in [0, 0.1) is 27.7 Å². The van der Waals surface area contributed by atoms with Crippen LogP contribution in [-0.4, -0.2) is 99.9 Å². The van der Waals surface area contributed by atoms with Crippen LogP contribution in [-0.2, 0) is 47.8 Å². The van der Waals surface area contributed by atoms with Gasteiger partial charge in [0.25, 0.3) is 18.3 Å². The first-order valence-corrected chi connectivity index (χ1v) is 23.4. The van der Waals surface area contributed by atoms with Crippen LogP contribution >= 0.6 is 15.9 Å². The molecule has 0 spiro atoms. The van der Waals surface area contributed by atoms with Gasteiger partial charge in [-0.15, -0.1) is 0 Å². The zero-order valence-electron chi connectivity index (χ0n) is 45.5. The number of aromatic nitrogens is 2. The van der Waals surface area contributed by atoms with Gasteiger partial charge in [-0.1, -0.05) is 30.3 Å². The van der Waals surface area contributed by atoms with Crippen LogP contribution in [0.4, 0.5) is 0 Å². The molecule has 6 rings (SSSR count). The minimum absolute atomic E-state index is 0. The molecule has 0 saturated carbocycles. The maximum absolute atomic E-state index is 12.8. The van der Waals surface area contributed by atoms with E-state index in [4.69, 9.17) is 34.2 Å². The minimum Gasteiger partial charge on any atom is -1.00 e. The number of hydrogen-bond donors (Lipinski definition) is 3. The van der Waals surface area contributed by atoms with E-state index in [9.17, 15) is 33.6 Å². The van der Waals surface area contributed by atoms with Gasteiger partial charge in [0, 0.05) is 53.4 Å². The van der Waals surface area contributed by atoms with Crippen LogP contribution in [0.5, 0.6) is 0 Å². The van der Waals surface area contributed by atoms with Gasteiger partial charge < -0.3 is 44.8 Å². The number of carboxylic acids is 1. The Labute approximate surface area is 548 Å². The number of halogens is 1. The van der Waals surface area contributed by atoms with E-state index in [1.165, 1.54) is 56.6 Å². The van der Waals surface area contributed by atoms with Crippen LogP contribution in [0.25, 0.3) is 11.4 Å². The van der Waals surface area contributed by atoms with Crippen LogP contribution in [0.2, 0.25) is 0 Å². The van der Waals surface area contributed by atoms with Crippen molar-refractivity contribution in [2.45, 2.75) is 48.5 Å². The quantitative estimate of drug-likeness (QED) is 0.0134. The number of carbonyl (C=O) groups excluding carboxylic acids is 9. The molecular weight excluding hydrogens is 1150 g/mol. The molecule has 0 radical (unpaired) electrons. The normalized spacial score (nSPS) is 9.68. The molecule has 4 aromatic carbocycles. The Balaban J connectivity index is 0. The molecule has 406 valence electrons. The van der Waals surface area contributed by atoms with Crippen molar-refractivity contribution in [3.05, 3.63) is 177 Å². The van der Waals surface area contributed by atoms with Crippen LogP contribution in [0.3, 0.4) is 0 Å². The van der Waals surface area contributed by atoms with Crippen molar-refractivity contribution in [3.63, 3.8) is 0 Å². The number of nitrogens with one attached hydrogen (secondary N) is 2. The molecule has 0 fully saturated rings. The number of esters is 4. The van der Waals surface area contributed by atoms with E-state index < -0.39 is 36.6 Å². The Hall–Kier alpha value is -6.37. The van der Waals surface area contributed by atoms with Crippen molar-refractivity contribution in [3.8, 4) is 11.4 Å². The number of aryl methyl sites for hydroxylation is 4. The zero-order chi connectivity index (χ0) is 57.5. The van der Waals surface area contributed by atoms with Crippen LogP contribution in [0.1, 0.15) is 108 Å². The third kappa shape index (κ3) is 26.0. The molecule has 0 aliphatic carbocycles. The molecule has 79 heavy (non-hydrogen) atoms. The van der Waals surface area contributed by atoms with Gasteiger partial charge in [-0.25, -0.2) is 25.2 Å². The smallest absolute Gasteiger partial charge is 1.00 e. The molecule has 2 amide bonds. The van der Waals surface area contributed by atoms with Gasteiger partial charge in [0.15, 0.2) is 0 Å². The Morgan fingerprint density at radius 3 is 1.54 bits per heavy atom. The molecule has 0 saturated heterocycles. The molecular formula is C53H53BrK2N6O17. The van der Waals surface area contributed by atoms with Gasteiger partial charge in [0.1, 0.15) is 5.52 Å². The number of benzene rings is 4. The first-order chi connectivity index (χ1) is 36.8. The number of nitrogens with zero attached hydrogens (tertiary/aromatic N) is 4. The zero-order valence-corrected chi connectivity index (χ0v) is 52.3. The van der Waals surface area contributed by atoms with Gasteiger partial charge in [0.05, 0.1) is 41.4 Å². The SMILES string of the molecule is CC(=O)OCBr.CCOC(=O)c1ccc(C(=O)N/N=C/c2cccc(C(=O)OCOC(C)=O)c2)cc1-n1c(C)ccc1C.Cc1ccc(C)n1-c1cccc(C(=O)N/N=C/c2cccc(C(=O)O)c2)c1.O=C=O.O=CO[O-].[H-].[K+].[K+]. The number of aromatic carboxylic acids is 1. The molecule has 0 unspecified atom stereocenters. The Bertz CT molecular complexity index is 3080. The van der Waals surface area contributed by atoms with Crippen molar-refractivity contribution in [1.29, 1.82) is 0 Å². The molecule has 3 N–H and O–H groups in total. The average molecular weight is 1200 g/mol. The number of alkyl halides is 1. The van der Waals surface area contributed by atoms with E-state index in [-0.39, 0.29) is 152 Å². The van der Waals surface area contributed by atoms with Crippen molar-refractivity contribution in [2.24, 2.45) is 10.2 Å². The van der Waals surface area contributed by atoms with Crippen LogP contribution in [0.15, 0.2) is 125 Å². The monoisotopic (exact) mass is 1200 g/mol. The first kappa shape index (κ1) is 72.6. The van der Waals surface area contributed by atoms with Gasteiger partial charge >= 0.3 is 139 Å². The first-order valence-electron chi connectivity index (χ1n) is 22.3. The van der Waals surface area contributed by atoms with Gasteiger partial charge in [-0.3, -0.25) is 24.0 Å². The topological polar surface area (TPSA) is 319 Å². The standard InChI is InChI=1S/C27H27N3O7.C21H19N3O3.C3H5BrO2.CH2O3.CO2.2K.H/c1-5-35-27(34)23-12-11-21(14-24(23)30-17(2)9-10-18(30)3)25(32)29-28-15-20-7-6-8-22(13-20)26(33)37-16-36-19(4)31;1-14-9-10-15(2)24(14)19-8-4-6-17(12-19)20(25)23-22-13-16-5-3-7-18(11-16)21(26)27;1-3(5)6-2-4;2-1-4-3;2-1-3;;;/h6-15H,5,16H2,1-4H3,(H,29,32);3-13H,1-2H3,(H,23,25)(H,26,27);2H2,1H3;1,3H;;;;/q;;;;;2*+1;-1/p-1/b28-15+;22-13+;;;;;;. The summed E-state index contributed by atoms with van der Waals surface area (Å²) < 4.78 is 22.9. The summed E-state index contributed by atoms with van der Waals surface area (Å²) in [4.78, 5) is 109. The number of carbonyl (C=O) groups is 8. The Morgan fingerprint density at radius 1 is 0.633 bits per heavy atom. The fourth-order valence-corrected chi connectivity index (χ4v) is 6.76. The summed E-state index contributed by atoms with van der Waals surface area (Å²) in [5.74, 6) is -3.83. The summed E-state index contributed by atoms with van der Waals surface area (Å²) >= 11 is 2.91. The van der Waals surface area contributed by atoms with Crippen molar-refractivity contribution in [2.75, 3.05) is 18.9 Å². The van der Waals surface area contributed by atoms with E-state index in [1.807, 2.05) is 68.7 Å². The summed E-state index contributed by atoms with van der Waals surface area (Å²) in [5.41, 5.74) is 13.2. The fraction of sp³-hybridized carbons (Fsp3) is 0.189. The van der Waals surface area contributed by atoms with E-state index in [2.05, 4.69) is 55.9 Å². The molecule has 0 atom stereocenters. The molecule has 2 aromatic heterocycles. The number of carboxylic acid groups (broad SMARTS) is 1. The number of rotatable bonds is 16. The Kier molecular flexibility index (Phi) is 36.7. The predicted octanol–water partition coefficient (Wildman–Crippen LogP) is 0.142.